The Balaban J connectivity index is 1.38. The molecule has 1 aliphatic carbocycles. The molecule has 3 aromatic heterocycles. The quantitative estimate of drug-likeness (QED) is 0.649. The second-order valence-electron chi connectivity index (χ2n) is 8.15. The lowest BCUT2D eigenvalue weighted by Gasteiger charge is -2.12. The lowest BCUT2D eigenvalue weighted by Crippen LogP contribution is -2.17. The molecule has 9 nitrogen and oxygen atoms in total. The molecule has 1 atom stereocenters. The highest BCUT2D eigenvalue weighted by Gasteiger charge is 2.41. The Kier molecular flexibility index (Phi) is 4.35. The van der Waals surface area contributed by atoms with Gasteiger partial charge in [0.05, 0.1) is 36.8 Å². The van der Waals surface area contributed by atoms with E-state index in [4.69, 9.17) is 4.74 Å². The van der Waals surface area contributed by atoms with Crippen LogP contribution in [0.4, 0.5) is 5.82 Å². The third kappa shape index (κ3) is 3.35. The number of hydrogen-bond acceptors (Lipinski definition) is 6. The van der Waals surface area contributed by atoms with Gasteiger partial charge in [-0.05, 0) is 38.3 Å². The van der Waals surface area contributed by atoms with Gasteiger partial charge in [0.15, 0.2) is 0 Å². The summed E-state index contributed by atoms with van der Waals surface area (Å²) in [5, 5.41) is 17.2. The third-order valence-electron chi connectivity index (χ3n) is 5.80. The van der Waals surface area contributed by atoms with Gasteiger partial charge in [-0.25, -0.2) is 9.97 Å². The van der Waals surface area contributed by atoms with E-state index in [0.29, 0.717) is 24.0 Å². The highest BCUT2D eigenvalue weighted by atomic mass is 16.5. The molecule has 3 aromatic rings. The van der Waals surface area contributed by atoms with E-state index in [1.165, 1.54) is 7.11 Å². The van der Waals surface area contributed by atoms with Crippen LogP contribution in [0.3, 0.4) is 0 Å². The van der Waals surface area contributed by atoms with Crippen molar-refractivity contribution in [2.24, 2.45) is 0 Å². The summed E-state index contributed by atoms with van der Waals surface area (Å²) >= 11 is 0. The number of ether oxygens (including phenoxy) is 1. The van der Waals surface area contributed by atoms with E-state index >= 15 is 0 Å². The van der Waals surface area contributed by atoms with Crippen molar-refractivity contribution in [2.45, 2.75) is 50.8 Å². The van der Waals surface area contributed by atoms with Crippen LogP contribution in [-0.2, 0) is 13.0 Å². The number of nitrogens with zero attached hydrogens (tertiary/aromatic N) is 5. The summed E-state index contributed by atoms with van der Waals surface area (Å²) in [6.07, 6.45) is 6.96. The largest absolute Gasteiger partial charge is 0.479 e. The van der Waals surface area contributed by atoms with Gasteiger partial charge in [-0.3, -0.25) is 9.48 Å². The summed E-state index contributed by atoms with van der Waals surface area (Å²) < 4.78 is 9.03. The highest BCUT2D eigenvalue weighted by molar-refractivity contribution is 6.05. The van der Waals surface area contributed by atoms with Gasteiger partial charge >= 0.3 is 0 Å². The zero-order chi connectivity index (χ0) is 20.9. The predicted octanol–water partition coefficient (Wildman–Crippen LogP) is 2.43. The zero-order valence-electron chi connectivity index (χ0n) is 17.0. The number of methoxy groups -OCH3 is 1. The minimum absolute atomic E-state index is 0.218. The van der Waals surface area contributed by atoms with E-state index < -0.39 is 5.60 Å². The molecule has 9 heteroatoms. The molecule has 5 rings (SSSR count). The predicted molar refractivity (Wildman–Crippen MR) is 109 cm³/mol. The summed E-state index contributed by atoms with van der Waals surface area (Å²) in [6, 6.07) is 5.91. The van der Waals surface area contributed by atoms with Gasteiger partial charge in [-0.15, -0.1) is 5.10 Å². The van der Waals surface area contributed by atoms with Crippen molar-refractivity contribution in [1.29, 1.82) is 0 Å². The van der Waals surface area contributed by atoms with Crippen molar-refractivity contribution in [1.82, 2.24) is 24.3 Å². The average Bonchev–Trinajstić information content (AvgIpc) is 3.09. The van der Waals surface area contributed by atoms with Crippen LogP contribution >= 0.6 is 0 Å². The monoisotopic (exact) mass is 408 g/mol. The Hall–Kier alpha value is -3.20. The van der Waals surface area contributed by atoms with Crippen LogP contribution in [0, 0.1) is 0 Å². The van der Waals surface area contributed by atoms with Crippen molar-refractivity contribution in [2.75, 3.05) is 12.4 Å². The number of aromatic nitrogens is 5. The summed E-state index contributed by atoms with van der Waals surface area (Å²) in [5.74, 6) is 1.37. The van der Waals surface area contributed by atoms with Gasteiger partial charge in [0.25, 0.3) is 5.91 Å². The van der Waals surface area contributed by atoms with Gasteiger partial charge in [-0.1, -0.05) is 6.07 Å². The number of rotatable bonds is 6. The number of nitrogens with one attached hydrogen (secondary N) is 1. The fraction of sp³-hybridized carbons (Fsp3) is 0.429. The maximum absolute atomic E-state index is 12.9. The van der Waals surface area contributed by atoms with Gasteiger partial charge in [0.2, 0.25) is 5.88 Å². The zero-order valence-corrected chi connectivity index (χ0v) is 17.0. The standard InChI is InChI=1S/C21H24N6O3/c1-13-6-7-18-22-10-16(27(13)18)15-4-3-5-17(23-15)24-19(28)14-11-26(25-20(14)30-2)12-21(29)8-9-21/h3-5,10-11,13,29H,6-9,12H2,1-2H3,(H,23,24,28)/t13-/m0/s1. The molecule has 1 aliphatic heterocycles. The molecular weight excluding hydrogens is 384 g/mol. The number of carbonyl (C=O) groups excluding carboxylic acids is 1. The van der Waals surface area contributed by atoms with Crippen LogP contribution in [0.1, 0.15) is 48.4 Å². The van der Waals surface area contributed by atoms with Gasteiger partial charge in [0, 0.05) is 18.7 Å². The van der Waals surface area contributed by atoms with Gasteiger partial charge in [0.1, 0.15) is 17.2 Å². The van der Waals surface area contributed by atoms with E-state index in [0.717, 1.165) is 42.9 Å². The van der Waals surface area contributed by atoms with E-state index in [-0.39, 0.29) is 11.8 Å². The fourth-order valence-electron chi connectivity index (χ4n) is 3.96. The second-order valence-corrected chi connectivity index (χ2v) is 8.15. The number of aryl methyl sites for hydroxylation is 1. The Morgan fingerprint density at radius 3 is 3.00 bits per heavy atom. The molecule has 0 unspecified atom stereocenters. The maximum Gasteiger partial charge on any atom is 0.263 e. The number of hydrogen-bond donors (Lipinski definition) is 2. The first-order chi connectivity index (χ1) is 14.5. The molecule has 1 saturated carbocycles. The molecule has 4 heterocycles. The molecule has 0 aromatic carbocycles. The number of anilines is 1. The molecular formula is C21H24N6O3. The van der Waals surface area contributed by atoms with Crippen LogP contribution in [0.15, 0.2) is 30.6 Å². The van der Waals surface area contributed by atoms with Crippen molar-refractivity contribution in [3.63, 3.8) is 0 Å². The van der Waals surface area contributed by atoms with E-state index in [9.17, 15) is 9.90 Å². The molecule has 0 bridgehead atoms. The Labute approximate surface area is 173 Å². The van der Waals surface area contributed by atoms with Crippen LogP contribution < -0.4 is 10.1 Å². The SMILES string of the molecule is COc1nn(CC2(O)CC2)cc1C(=O)Nc1cccc(-c2cnc3n2[C@@H](C)CC3)n1. The number of pyridine rings is 1. The number of carbonyl (C=O) groups is 1. The summed E-state index contributed by atoms with van der Waals surface area (Å²) in [7, 11) is 1.47. The normalized spacial score (nSPS) is 18.8. The van der Waals surface area contributed by atoms with Crippen molar-refractivity contribution in [3.8, 4) is 17.3 Å². The molecule has 1 fully saturated rings. The molecule has 2 N–H and O–H groups in total. The number of imidazole rings is 1. The van der Waals surface area contributed by atoms with Crippen molar-refractivity contribution in [3.05, 3.63) is 42.0 Å². The van der Waals surface area contributed by atoms with E-state index in [1.807, 2.05) is 18.3 Å². The van der Waals surface area contributed by atoms with Gasteiger partial charge < -0.3 is 19.7 Å². The van der Waals surface area contributed by atoms with E-state index in [2.05, 4.69) is 31.9 Å². The molecule has 0 radical (unpaired) electrons. The first-order valence-corrected chi connectivity index (χ1v) is 10.1. The smallest absolute Gasteiger partial charge is 0.263 e. The van der Waals surface area contributed by atoms with Crippen LogP contribution in [0.2, 0.25) is 0 Å². The number of amides is 1. The Bertz CT molecular complexity index is 1110. The van der Waals surface area contributed by atoms with Crippen LogP contribution in [-0.4, -0.2) is 48.0 Å². The van der Waals surface area contributed by atoms with Gasteiger partial charge in [-0.2, -0.15) is 0 Å². The first-order valence-electron chi connectivity index (χ1n) is 10.1. The molecule has 1 amide bonds. The number of aliphatic hydroxyl groups is 1. The lowest BCUT2D eigenvalue weighted by atomic mass is 10.2. The highest BCUT2D eigenvalue weighted by Crippen LogP contribution is 2.37. The van der Waals surface area contributed by atoms with Crippen molar-refractivity contribution < 1.29 is 14.6 Å². The first kappa shape index (κ1) is 18.8. The molecule has 0 saturated heterocycles. The molecule has 0 spiro atoms. The minimum Gasteiger partial charge on any atom is -0.479 e. The average molecular weight is 408 g/mol. The second kappa shape index (κ2) is 6.94. The van der Waals surface area contributed by atoms with Crippen molar-refractivity contribution >= 4 is 11.7 Å². The molecule has 30 heavy (non-hydrogen) atoms. The Morgan fingerprint density at radius 2 is 2.23 bits per heavy atom. The topological polar surface area (TPSA) is 107 Å². The fourth-order valence-corrected chi connectivity index (χ4v) is 3.96. The summed E-state index contributed by atoms with van der Waals surface area (Å²) in [5.41, 5.74) is 1.30. The lowest BCUT2D eigenvalue weighted by molar-refractivity contribution is 0.102. The maximum atomic E-state index is 12.9. The Morgan fingerprint density at radius 1 is 1.40 bits per heavy atom. The third-order valence-corrected chi connectivity index (χ3v) is 5.80. The minimum atomic E-state index is -0.719. The van der Waals surface area contributed by atoms with Crippen LogP contribution in [0.25, 0.3) is 11.4 Å². The molecule has 2 aliphatic rings. The number of fused-ring (bicyclic) bond motifs is 1. The van der Waals surface area contributed by atoms with E-state index in [1.54, 1.807) is 16.9 Å². The summed E-state index contributed by atoms with van der Waals surface area (Å²) in [6.45, 7) is 2.52. The summed E-state index contributed by atoms with van der Waals surface area (Å²) in [4.78, 5) is 22.0. The molecule has 156 valence electrons. The van der Waals surface area contributed by atoms with Crippen LogP contribution in [0.5, 0.6) is 5.88 Å².